The van der Waals surface area contributed by atoms with Crippen molar-refractivity contribution in [2.75, 3.05) is 25.6 Å². The van der Waals surface area contributed by atoms with Crippen molar-refractivity contribution in [1.82, 2.24) is 4.98 Å². The number of aromatic nitrogens is 1. The fraction of sp³-hybridized carbons (Fsp3) is 0.545. The van der Waals surface area contributed by atoms with Crippen LogP contribution in [0.3, 0.4) is 0 Å². The SMILES string of the molecule is CNc1ccc([N+](=O)[O-])c(OCC2CCCO2)n1. The molecule has 1 aromatic rings. The molecular formula is C11H15N3O4. The van der Waals surface area contributed by atoms with Crippen molar-refractivity contribution in [1.29, 1.82) is 0 Å². The minimum atomic E-state index is -0.503. The maximum atomic E-state index is 10.9. The first-order chi connectivity index (χ1) is 8.70. The average Bonchev–Trinajstić information content (AvgIpc) is 2.88. The lowest BCUT2D eigenvalue weighted by atomic mass is 10.2. The zero-order valence-corrected chi connectivity index (χ0v) is 10.1. The van der Waals surface area contributed by atoms with Crippen molar-refractivity contribution in [3.8, 4) is 5.88 Å². The molecule has 0 bridgehead atoms. The molecule has 1 aliphatic rings. The lowest BCUT2D eigenvalue weighted by Gasteiger charge is -2.11. The second-order valence-electron chi connectivity index (χ2n) is 3.97. The Kier molecular flexibility index (Phi) is 3.93. The first-order valence-electron chi connectivity index (χ1n) is 5.78. The van der Waals surface area contributed by atoms with E-state index in [0.717, 1.165) is 19.4 Å². The highest BCUT2D eigenvalue weighted by atomic mass is 16.6. The van der Waals surface area contributed by atoms with Gasteiger partial charge in [-0.3, -0.25) is 10.1 Å². The van der Waals surface area contributed by atoms with E-state index in [-0.39, 0.29) is 17.7 Å². The molecule has 0 saturated carbocycles. The Morgan fingerprint density at radius 1 is 1.67 bits per heavy atom. The molecule has 0 aromatic carbocycles. The average molecular weight is 253 g/mol. The third-order valence-corrected chi connectivity index (χ3v) is 2.72. The van der Waals surface area contributed by atoms with Crippen LogP contribution in [0.15, 0.2) is 12.1 Å². The standard InChI is InChI=1S/C11H15N3O4/c1-12-10-5-4-9(14(15)16)11(13-10)18-7-8-3-2-6-17-8/h4-5,8H,2-3,6-7H2,1H3,(H,12,13). The molecule has 1 aliphatic heterocycles. The van der Waals surface area contributed by atoms with E-state index in [2.05, 4.69) is 10.3 Å². The molecule has 18 heavy (non-hydrogen) atoms. The highest BCUT2D eigenvalue weighted by Crippen LogP contribution is 2.27. The van der Waals surface area contributed by atoms with Gasteiger partial charge in [0.2, 0.25) is 0 Å². The van der Waals surface area contributed by atoms with Gasteiger partial charge < -0.3 is 14.8 Å². The van der Waals surface area contributed by atoms with E-state index in [9.17, 15) is 10.1 Å². The Balaban J connectivity index is 2.10. The van der Waals surface area contributed by atoms with Gasteiger partial charge in [-0.25, -0.2) is 0 Å². The highest BCUT2D eigenvalue weighted by Gasteiger charge is 2.21. The maximum absolute atomic E-state index is 10.9. The first-order valence-corrected chi connectivity index (χ1v) is 5.78. The van der Waals surface area contributed by atoms with Crippen LogP contribution >= 0.6 is 0 Å². The number of nitro groups is 1. The number of pyridine rings is 1. The fourth-order valence-electron chi connectivity index (χ4n) is 1.77. The second-order valence-corrected chi connectivity index (χ2v) is 3.97. The van der Waals surface area contributed by atoms with E-state index in [0.29, 0.717) is 12.4 Å². The van der Waals surface area contributed by atoms with Crippen LogP contribution in [-0.2, 0) is 4.74 Å². The molecule has 0 radical (unpaired) electrons. The molecule has 0 spiro atoms. The molecule has 1 N–H and O–H groups in total. The van der Waals surface area contributed by atoms with E-state index in [1.54, 1.807) is 7.05 Å². The van der Waals surface area contributed by atoms with Crippen molar-refractivity contribution >= 4 is 11.5 Å². The Morgan fingerprint density at radius 3 is 3.11 bits per heavy atom. The van der Waals surface area contributed by atoms with Crippen molar-refractivity contribution < 1.29 is 14.4 Å². The van der Waals surface area contributed by atoms with E-state index in [1.165, 1.54) is 12.1 Å². The number of nitrogens with one attached hydrogen (secondary N) is 1. The molecule has 7 nitrogen and oxygen atoms in total. The molecule has 98 valence electrons. The van der Waals surface area contributed by atoms with Gasteiger partial charge in [0.25, 0.3) is 5.88 Å². The van der Waals surface area contributed by atoms with Crippen molar-refractivity contribution in [3.63, 3.8) is 0 Å². The van der Waals surface area contributed by atoms with E-state index < -0.39 is 4.92 Å². The predicted octanol–water partition coefficient (Wildman–Crippen LogP) is 1.59. The van der Waals surface area contributed by atoms with Crippen LogP contribution in [0, 0.1) is 10.1 Å². The van der Waals surface area contributed by atoms with E-state index in [1.807, 2.05) is 0 Å². The zero-order chi connectivity index (χ0) is 13.0. The number of hydrogen-bond donors (Lipinski definition) is 1. The van der Waals surface area contributed by atoms with Gasteiger partial charge in [0.1, 0.15) is 12.4 Å². The lowest BCUT2D eigenvalue weighted by molar-refractivity contribution is -0.386. The number of nitrogens with zero attached hydrogens (tertiary/aromatic N) is 2. The smallest absolute Gasteiger partial charge is 0.331 e. The summed E-state index contributed by atoms with van der Waals surface area (Å²) in [6.45, 7) is 1.01. The minimum absolute atomic E-state index is 0.00430. The van der Waals surface area contributed by atoms with Gasteiger partial charge >= 0.3 is 5.69 Å². The molecule has 1 aromatic heterocycles. The van der Waals surface area contributed by atoms with E-state index >= 15 is 0 Å². The van der Waals surface area contributed by atoms with Gasteiger partial charge in [0, 0.05) is 19.7 Å². The summed E-state index contributed by atoms with van der Waals surface area (Å²) in [5.74, 6) is 0.560. The van der Waals surface area contributed by atoms with Gasteiger partial charge in [-0.15, -0.1) is 0 Å². The monoisotopic (exact) mass is 253 g/mol. The molecule has 1 atom stereocenters. The topological polar surface area (TPSA) is 86.5 Å². The van der Waals surface area contributed by atoms with Crippen molar-refractivity contribution in [2.24, 2.45) is 0 Å². The molecule has 1 unspecified atom stereocenters. The minimum Gasteiger partial charge on any atom is -0.470 e. The van der Waals surface area contributed by atoms with Crippen LogP contribution in [0.4, 0.5) is 11.5 Å². The van der Waals surface area contributed by atoms with Crippen LogP contribution in [-0.4, -0.2) is 36.3 Å². The summed E-state index contributed by atoms with van der Waals surface area (Å²) >= 11 is 0. The lowest BCUT2D eigenvalue weighted by Crippen LogP contribution is -2.17. The zero-order valence-electron chi connectivity index (χ0n) is 10.1. The highest BCUT2D eigenvalue weighted by molar-refractivity contribution is 5.48. The number of rotatable bonds is 5. The quantitative estimate of drug-likeness (QED) is 0.633. The molecular weight excluding hydrogens is 238 g/mol. The summed E-state index contributed by atoms with van der Waals surface area (Å²) in [4.78, 5) is 14.4. The summed E-state index contributed by atoms with van der Waals surface area (Å²) in [7, 11) is 1.69. The van der Waals surface area contributed by atoms with Crippen LogP contribution in [0.25, 0.3) is 0 Å². The Bertz CT molecular complexity index is 432. The molecule has 2 rings (SSSR count). The Labute approximate surface area is 104 Å². The molecule has 2 heterocycles. The number of hydrogen-bond acceptors (Lipinski definition) is 6. The molecule has 0 amide bonds. The van der Waals surface area contributed by atoms with Crippen molar-refractivity contribution in [2.45, 2.75) is 18.9 Å². The summed E-state index contributed by atoms with van der Waals surface area (Å²) in [5, 5.41) is 13.7. The second kappa shape index (κ2) is 5.63. The summed E-state index contributed by atoms with van der Waals surface area (Å²) in [5.41, 5.74) is -0.132. The fourth-order valence-corrected chi connectivity index (χ4v) is 1.77. The third-order valence-electron chi connectivity index (χ3n) is 2.72. The number of ether oxygens (including phenoxy) is 2. The van der Waals surface area contributed by atoms with Gasteiger partial charge in [0.05, 0.1) is 11.0 Å². The molecule has 0 aliphatic carbocycles. The summed E-state index contributed by atoms with van der Waals surface area (Å²) < 4.78 is 10.8. The maximum Gasteiger partial charge on any atom is 0.331 e. The Morgan fingerprint density at radius 2 is 2.50 bits per heavy atom. The van der Waals surface area contributed by atoms with Crippen LogP contribution in [0.2, 0.25) is 0 Å². The van der Waals surface area contributed by atoms with Crippen LogP contribution in [0.5, 0.6) is 5.88 Å². The van der Waals surface area contributed by atoms with Gasteiger partial charge in [-0.2, -0.15) is 4.98 Å². The van der Waals surface area contributed by atoms with Gasteiger partial charge in [-0.1, -0.05) is 0 Å². The molecule has 1 fully saturated rings. The summed E-state index contributed by atoms with van der Waals surface area (Å²) in [6, 6.07) is 2.92. The van der Waals surface area contributed by atoms with Crippen LogP contribution in [0.1, 0.15) is 12.8 Å². The normalized spacial score (nSPS) is 18.6. The van der Waals surface area contributed by atoms with Gasteiger partial charge in [0.15, 0.2) is 0 Å². The van der Waals surface area contributed by atoms with Crippen LogP contribution < -0.4 is 10.1 Å². The molecule has 1 saturated heterocycles. The largest absolute Gasteiger partial charge is 0.470 e. The summed E-state index contributed by atoms with van der Waals surface area (Å²) in [6.07, 6.45) is 1.92. The first kappa shape index (κ1) is 12.6. The Hall–Kier alpha value is -1.89. The van der Waals surface area contributed by atoms with E-state index in [4.69, 9.17) is 9.47 Å². The third kappa shape index (κ3) is 2.86. The van der Waals surface area contributed by atoms with Gasteiger partial charge in [-0.05, 0) is 18.9 Å². The van der Waals surface area contributed by atoms with Crippen molar-refractivity contribution in [3.05, 3.63) is 22.2 Å². The predicted molar refractivity (Wildman–Crippen MR) is 64.9 cm³/mol. The number of anilines is 1. The molecule has 7 heteroatoms.